The van der Waals surface area contributed by atoms with E-state index in [1.54, 1.807) is 6.20 Å². The SMILES string of the molecule is O=C(N[C@@H]1CCCNC1)c1cnc2c(c1)CCCC2. The summed E-state index contributed by atoms with van der Waals surface area (Å²) < 4.78 is 0. The van der Waals surface area contributed by atoms with Gasteiger partial charge in [0.2, 0.25) is 0 Å². The molecule has 1 amide bonds. The number of carbonyl (C=O) groups excluding carboxylic acids is 1. The van der Waals surface area contributed by atoms with Gasteiger partial charge in [-0.3, -0.25) is 9.78 Å². The molecule has 1 aliphatic carbocycles. The van der Waals surface area contributed by atoms with Crippen molar-refractivity contribution in [3.05, 3.63) is 29.1 Å². The fourth-order valence-electron chi connectivity index (χ4n) is 2.96. The van der Waals surface area contributed by atoms with E-state index in [1.165, 1.54) is 24.1 Å². The quantitative estimate of drug-likeness (QED) is 0.845. The summed E-state index contributed by atoms with van der Waals surface area (Å²) in [5, 5.41) is 6.41. The summed E-state index contributed by atoms with van der Waals surface area (Å²) >= 11 is 0. The van der Waals surface area contributed by atoms with Crippen molar-refractivity contribution in [1.82, 2.24) is 15.6 Å². The summed E-state index contributed by atoms with van der Waals surface area (Å²) in [5.74, 6) is 0.0228. The Bertz CT molecular complexity index is 466. The minimum Gasteiger partial charge on any atom is -0.348 e. The molecule has 0 saturated carbocycles. The van der Waals surface area contributed by atoms with Gasteiger partial charge in [0.15, 0.2) is 0 Å². The first-order valence-electron chi connectivity index (χ1n) is 7.32. The molecule has 1 atom stereocenters. The zero-order valence-corrected chi connectivity index (χ0v) is 11.2. The van der Waals surface area contributed by atoms with E-state index in [4.69, 9.17) is 0 Å². The third-order valence-corrected chi connectivity index (χ3v) is 4.06. The first-order valence-corrected chi connectivity index (χ1v) is 7.32. The van der Waals surface area contributed by atoms with E-state index in [2.05, 4.69) is 15.6 Å². The Balaban J connectivity index is 1.69. The zero-order valence-electron chi connectivity index (χ0n) is 11.2. The number of fused-ring (bicyclic) bond motifs is 1. The van der Waals surface area contributed by atoms with Crippen LogP contribution in [0.1, 0.15) is 47.3 Å². The van der Waals surface area contributed by atoms with Crippen molar-refractivity contribution >= 4 is 5.91 Å². The highest BCUT2D eigenvalue weighted by Gasteiger charge is 2.18. The van der Waals surface area contributed by atoms with Crippen LogP contribution in [0, 0.1) is 0 Å². The van der Waals surface area contributed by atoms with Crippen LogP contribution in [0.2, 0.25) is 0 Å². The van der Waals surface area contributed by atoms with Gasteiger partial charge in [0.05, 0.1) is 5.56 Å². The number of amides is 1. The molecule has 102 valence electrons. The average molecular weight is 259 g/mol. The zero-order chi connectivity index (χ0) is 13.1. The lowest BCUT2D eigenvalue weighted by atomic mass is 9.95. The van der Waals surface area contributed by atoms with Gasteiger partial charge in [0, 0.05) is 24.5 Å². The van der Waals surface area contributed by atoms with E-state index >= 15 is 0 Å². The van der Waals surface area contributed by atoms with Crippen molar-refractivity contribution in [3.8, 4) is 0 Å². The van der Waals surface area contributed by atoms with Gasteiger partial charge in [0.1, 0.15) is 0 Å². The first-order chi connectivity index (χ1) is 9.33. The highest BCUT2D eigenvalue weighted by molar-refractivity contribution is 5.94. The van der Waals surface area contributed by atoms with Crippen molar-refractivity contribution < 1.29 is 4.79 Å². The molecule has 19 heavy (non-hydrogen) atoms. The molecule has 1 aliphatic heterocycles. The van der Waals surface area contributed by atoms with Crippen molar-refractivity contribution in [2.24, 2.45) is 0 Å². The van der Waals surface area contributed by atoms with Crippen LogP contribution in [0.4, 0.5) is 0 Å². The Morgan fingerprint density at radius 2 is 2.21 bits per heavy atom. The number of carbonyl (C=O) groups is 1. The Kier molecular flexibility index (Phi) is 3.78. The van der Waals surface area contributed by atoms with Gasteiger partial charge in [-0.1, -0.05) is 0 Å². The van der Waals surface area contributed by atoms with E-state index < -0.39 is 0 Å². The van der Waals surface area contributed by atoms with Crippen LogP contribution < -0.4 is 10.6 Å². The topological polar surface area (TPSA) is 54.0 Å². The lowest BCUT2D eigenvalue weighted by Crippen LogP contribution is -2.45. The maximum Gasteiger partial charge on any atom is 0.253 e. The molecule has 4 nitrogen and oxygen atoms in total. The Hall–Kier alpha value is -1.42. The number of hydrogen-bond donors (Lipinski definition) is 2. The fraction of sp³-hybridized carbons (Fsp3) is 0.600. The molecule has 3 rings (SSSR count). The molecule has 0 unspecified atom stereocenters. The summed E-state index contributed by atoms with van der Waals surface area (Å²) in [6.07, 6.45) is 8.49. The fourth-order valence-corrected chi connectivity index (χ4v) is 2.96. The molecule has 0 radical (unpaired) electrons. The number of aryl methyl sites for hydroxylation is 2. The van der Waals surface area contributed by atoms with Crippen LogP contribution in [0.15, 0.2) is 12.3 Å². The molecule has 0 spiro atoms. The molecule has 2 heterocycles. The van der Waals surface area contributed by atoms with Crippen molar-refractivity contribution in [1.29, 1.82) is 0 Å². The van der Waals surface area contributed by atoms with Crippen LogP contribution >= 0.6 is 0 Å². The van der Waals surface area contributed by atoms with E-state index in [-0.39, 0.29) is 11.9 Å². The van der Waals surface area contributed by atoms with E-state index in [0.717, 1.165) is 38.8 Å². The molecule has 0 bridgehead atoms. The smallest absolute Gasteiger partial charge is 0.253 e. The summed E-state index contributed by atoms with van der Waals surface area (Å²) in [4.78, 5) is 16.7. The largest absolute Gasteiger partial charge is 0.348 e. The molecule has 1 aromatic rings. The van der Waals surface area contributed by atoms with Gasteiger partial charge >= 0.3 is 0 Å². The monoisotopic (exact) mass is 259 g/mol. The maximum absolute atomic E-state index is 12.2. The number of piperidine rings is 1. The third kappa shape index (κ3) is 2.95. The Morgan fingerprint density at radius 1 is 1.32 bits per heavy atom. The summed E-state index contributed by atoms with van der Waals surface area (Å²) in [6, 6.07) is 2.30. The lowest BCUT2D eigenvalue weighted by Gasteiger charge is -2.24. The Morgan fingerprint density at radius 3 is 3.05 bits per heavy atom. The second-order valence-corrected chi connectivity index (χ2v) is 5.55. The average Bonchev–Trinajstić information content (AvgIpc) is 2.48. The third-order valence-electron chi connectivity index (χ3n) is 4.06. The van der Waals surface area contributed by atoms with Crippen LogP contribution in [0.3, 0.4) is 0 Å². The number of rotatable bonds is 2. The van der Waals surface area contributed by atoms with Crippen LogP contribution in [0.5, 0.6) is 0 Å². The van der Waals surface area contributed by atoms with E-state index in [9.17, 15) is 4.79 Å². The normalized spacial score (nSPS) is 22.6. The predicted octanol–water partition coefficient (Wildman–Crippen LogP) is 1.44. The summed E-state index contributed by atoms with van der Waals surface area (Å²) in [7, 11) is 0. The summed E-state index contributed by atoms with van der Waals surface area (Å²) in [6.45, 7) is 1.94. The molecular weight excluding hydrogens is 238 g/mol. The number of pyridine rings is 1. The van der Waals surface area contributed by atoms with Gasteiger partial charge in [-0.15, -0.1) is 0 Å². The van der Waals surface area contributed by atoms with Gasteiger partial charge in [-0.05, 0) is 56.7 Å². The first kappa shape index (κ1) is 12.6. The van der Waals surface area contributed by atoms with E-state index in [0.29, 0.717) is 5.56 Å². The standard InChI is InChI=1S/C15H21N3O/c19-15(18-13-5-3-7-16-10-13)12-8-11-4-1-2-6-14(11)17-9-12/h8-9,13,16H,1-7,10H2,(H,18,19)/t13-/m1/s1. The van der Waals surface area contributed by atoms with Crippen molar-refractivity contribution in [2.45, 2.75) is 44.6 Å². The minimum absolute atomic E-state index is 0.0228. The molecule has 0 aromatic carbocycles. The second kappa shape index (κ2) is 5.70. The Labute approximate surface area is 114 Å². The van der Waals surface area contributed by atoms with Crippen LogP contribution in [-0.2, 0) is 12.8 Å². The highest BCUT2D eigenvalue weighted by Crippen LogP contribution is 2.20. The van der Waals surface area contributed by atoms with Crippen molar-refractivity contribution in [2.75, 3.05) is 13.1 Å². The van der Waals surface area contributed by atoms with Gasteiger partial charge < -0.3 is 10.6 Å². The molecular formula is C15H21N3O. The summed E-state index contributed by atoms with van der Waals surface area (Å²) in [5.41, 5.74) is 3.16. The van der Waals surface area contributed by atoms with Gasteiger partial charge in [0.25, 0.3) is 5.91 Å². The van der Waals surface area contributed by atoms with E-state index in [1.807, 2.05) is 6.07 Å². The molecule has 4 heteroatoms. The highest BCUT2D eigenvalue weighted by atomic mass is 16.1. The number of aromatic nitrogens is 1. The van der Waals surface area contributed by atoms with Crippen LogP contribution in [-0.4, -0.2) is 30.0 Å². The van der Waals surface area contributed by atoms with Gasteiger partial charge in [-0.25, -0.2) is 0 Å². The number of nitrogens with zero attached hydrogens (tertiary/aromatic N) is 1. The molecule has 1 aromatic heterocycles. The van der Waals surface area contributed by atoms with Crippen LogP contribution in [0.25, 0.3) is 0 Å². The molecule has 2 aliphatic rings. The molecule has 2 N–H and O–H groups in total. The molecule has 1 fully saturated rings. The van der Waals surface area contributed by atoms with Gasteiger partial charge in [-0.2, -0.15) is 0 Å². The molecule has 1 saturated heterocycles. The second-order valence-electron chi connectivity index (χ2n) is 5.55. The number of hydrogen-bond acceptors (Lipinski definition) is 3. The number of nitrogens with one attached hydrogen (secondary N) is 2. The predicted molar refractivity (Wildman–Crippen MR) is 74.2 cm³/mol. The van der Waals surface area contributed by atoms with Crippen molar-refractivity contribution in [3.63, 3.8) is 0 Å². The minimum atomic E-state index is 0.0228. The maximum atomic E-state index is 12.2. The lowest BCUT2D eigenvalue weighted by molar-refractivity contribution is 0.0930.